The van der Waals surface area contributed by atoms with E-state index in [2.05, 4.69) is 51.0 Å². The number of benzene rings is 3. The average Bonchev–Trinajstić information content (AvgIpc) is 3.39. The number of imidazole rings is 1. The van der Waals surface area contributed by atoms with Crippen LogP contribution in [0.1, 0.15) is 24.4 Å². The first-order valence-corrected chi connectivity index (χ1v) is 15.1. The summed E-state index contributed by atoms with van der Waals surface area (Å²) in [6, 6.07) is 24.7. The van der Waals surface area contributed by atoms with Crippen LogP contribution in [0.4, 0.5) is 10.1 Å². The number of hydrogen-bond acceptors (Lipinski definition) is 5. The molecule has 1 amide bonds. The standard InChI is InChI=1S/C36H31FN6O3/c1-2-33(44)39-30-20-32-31(19-28(30)37)41-36(46)43(32)25-13-16-42(17-14-25)21-22-8-10-24(11-9-22)34-26(23-6-4-3-5-7-23)18-27-29(40-34)12-15-38-35(27)45/h2-12,15,18-20,25H,1,13-14,16-17,21H2,(H,38,45)(H,39,44)(H,41,46)/i37-1. The van der Waals surface area contributed by atoms with Crippen molar-refractivity contribution in [3.05, 3.63) is 130 Å². The van der Waals surface area contributed by atoms with Gasteiger partial charge in [-0.2, -0.15) is 0 Å². The number of carbonyl (C=O) groups excluding carboxylic acids is 1. The van der Waals surface area contributed by atoms with Gasteiger partial charge in [-0.15, -0.1) is 0 Å². The van der Waals surface area contributed by atoms with E-state index in [9.17, 15) is 18.8 Å². The second kappa shape index (κ2) is 12.1. The molecule has 1 fully saturated rings. The number of amides is 1. The minimum atomic E-state index is -0.625. The second-order valence-corrected chi connectivity index (χ2v) is 11.5. The van der Waals surface area contributed by atoms with Crippen molar-refractivity contribution in [1.82, 2.24) is 24.4 Å². The van der Waals surface area contributed by atoms with E-state index < -0.39 is 11.7 Å². The van der Waals surface area contributed by atoms with Crippen LogP contribution < -0.4 is 16.6 Å². The van der Waals surface area contributed by atoms with E-state index in [0.717, 1.165) is 66.5 Å². The van der Waals surface area contributed by atoms with Crippen molar-refractivity contribution in [2.24, 2.45) is 0 Å². The van der Waals surface area contributed by atoms with Crippen molar-refractivity contribution in [2.45, 2.75) is 25.4 Å². The molecule has 10 heteroatoms. The SMILES string of the molecule is C=CC(=O)Nc1cc2c(cc1[18F])[nH]c(=O)n2C1CCN(Cc2ccc(-c3nc4cc[nH]c(=O)c4cc3-c3ccccc3)cc2)CC1. The fourth-order valence-electron chi connectivity index (χ4n) is 6.32. The van der Waals surface area contributed by atoms with Crippen molar-refractivity contribution in [3.8, 4) is 22.4 Å². The number of rotatable bonds is 7. The van der Waals surface area contributed by atoms with Crippen LogP contribution in [-0.4, -0.2) is 43.4 Å². The summed E-state index contributed by atoms with van der Waals surface area (Å²) in [6.45, 7) is 5.73. The Morgan fingerprint density at radius 1 is 1.00 bits per heavy atom. The third kappa shape index (κ3) is 5.54. The lowest BCUT2D eigenvalue weighted by atomic mass is 9.97. The molecular formula is C36H31FN6O3. The molecule has 3 aromatic heterocycles. The largest absolute Gasteiger partial charge is 0.328 e. The summed E-state index contributed by atoms with van der Waals surface area (Å²) in [5.41, 5.74) is 5.95. The maximum atomic E-state index is 14.6. The zero-order valence-electron chi connectivity index (χ0n) is 24.9. The number of carbonyl (C=O) groups is 1. The van der Waals surface area contributed by atoms with Crippen molar-refractivity contribution in [3.63, 3.8) is 0 Å². The molecule has 1 aliphatic heterocycles. The molecule has 0 atom stereocenters. The highest BCUT2D eigenvalue weighted by molar-refractivity contribution is 6.00. The van der Waals surface area contributed by atoms with Crippen LogP contribution in [0.3, 0.4) is 0 Å². The minimum Gasteiger partial charge on any atom is -0.328 e. The topological polar surface area (TPSA) is 116 Å². The van der Waals surface area contributed by atoms with E-state index in [0.29, 0.717) is 21.9 Å². The zero-order chi connectivity index (χ0) is 31.8. The summed E-state index contributed by atoms with van der Waals surface area (Å²) >= 11 is 0. The van der Waals surface area contributed by atoms with Gasteiger partial charge < -0.3 is 15.3 Å². The zero-order valence-corrected chi connectivity index (χ0v) is 24.9. The van der Waals surface area contributed by atoms with E-state index in [1.54, 1.807) is 10.8 Å². The van der Waals surface area contributed by atoms with Gasteiger partial charge in [-0.05, 0) is 48.2 Å². The van der Waals surface area contributed by atoms with Gasteiger partial charge >= 0.3 is 5.69 Å². The number of anilines is 1. The molecule has 3 N–H and O–H groups in total. The minimum absolute atomic E-state index is 0.00877. The van der Waals surface area contributed by atoms with E-state index in [1.807, 2.05) is 42.5 Å². The Kier molecular flexibility index (Phi) is 7.63. The van der Waals surface area contributed by atoms with Crippen LogP contribution in [-0.2, 0) is 11.3 Å². The Morgan fingerprint density at radius 2 is 1.76 bits per heavy atom. The molecule has 3 aromatic carbocycles. The fraction of sp³-hybridized carbons (Fsp3) is 0.167. The Hall–Kier alpha value is -5.61. The summed E-state index contributed by atoms with van der Waals surface area (Å²) in [6.07, 6.45) is 4.18. The number of likely N-dealkylation sites (tertiary alicyclic amines) is 1. The van der Waals surface area contributed by atoms with Crippen LogP contribution in [0.25, 0.3) is 44.3 Å². The quantitative estimate of drug-likeness (QED) is 0.191. The predicted octanol–water partition coefficient (Wildman–Crippen LogP) is 6.00. The lowest BCUT2D eigenvalue weighted by molar-refractivity contribution is -0.111. The third-order valence-corrected chi connectivity index (χ3v) is 8.64. The maximum Gasteiger partial charge on any atom is 0.326 e. The highest BCUT2D eigenvalue weighted by Crippen LogP contribution is 2.33. The second-order valence-electron chi connectivity index (χ2n) is 11.5. The molecule has 0 aliphatic carbocycles. The maximum absolute atomic E-state index is 14.6. The first-order valence-electron chi connectivity index (χ1n) is 15.1. The summed E-state index contributed by atoms with van der Waals surface area (Å²) in [7, 11) is 0. The molecule has 0 unspecified atom stereocenters. The molecule has 6 aromatic rings. The van der Waals surface area contributed by atoms with Gasteiger partial charge in [-0.25, -0.2) is 14.2 Å². The van der Waals surface area contributed by atoms with Crippen LogP contribution in [0.5, 0.6) is 0 Å². The molecule has 0 saturated carbocycles. The fourth-order valence-corrected chi connectivity index (χ4v) is 6.32. The first-order chi connectivity index (χ1) is 22.4. The number of aromatic nitrogens is 4. The number of H-pyrrole nitrogens is 2. The van der Waals surface area contributed by atoms with E-state index >= 15 is 0 Å². The Morgan fingerprint density at radius 3 is 2.50 bits per heavy atom. The van der Waals surface area contributed by atoms with Gasteiger partial charge in [0.25, 0.3) is 5.56 Å². The number of pyridine rings is 2. The molecule has 0 bridgehead atoms. The Bertz CT molecular complexity index is 2210. The normalized spacial score (nSPS) is 14.1. The molecule has 0 spiro atoms. The highest BCUT2D eigenvalue weighted by Gasteiger charge is 2.25. The number of hydrogen-bond donors (Lipinski definition) is 3. The van der Waals surface area contributed by atoms with Gasteiger partial charge in [-0.3, -0.25) is 19.1 Å². The smallest absolute Gasteiger partial charge is 0.326 e. The molecule has 7 rings (SSSR count). The van der Waals surface area contributed by atoms with Crippen LogP contribution in [0.15, 0.2) is 107 Å². The van der Waals surface area contributed by atoms with Crippen LogP contribution in [0, 0.1) is 5.82 Å². The van der Waals surface area contributed by atoms with Crippen LogP contribution in [0.2, 0.25) is 0 Å². The first kappa shape index (κ1) is 29.1. The van der Waals surface area contributed by atoms with Gasteiger partial charge in [0.15, 0.2) is 0 Å². The van der Waals surface area contributed by atoms with Gasteiger partial charge in [0.1, 0.15) is 5.82 Å². The van der Waals surface area contributed by atoms with E-state index in [-0.39, 0.29) is 23.0 Å². The van der Waals surface area contributed by atoms with Crippen molar-refractivity contribution in [2.75, 3.05) is 18.4 Å². The number of piperidine rings is 1. The molecule has 0 radical (unpaired) electrons. The van der Waals surface area contributed by atoms with E-state index in [4.69, 9.17) is 4.98 Å². The van der Waals surface area contributed by atoms with Gasteiger partial charge in [-0.1, -0.05) is 61.2 Å². The average molecular weight is 614 g/mol. The molecule has 4 heterocycles. The Balaban J connectivity index is 1.09. The number of halogens is 1. The lowest BCUT2D eigenvalue weighted by Crippen LogP contribution is -2.36. The number of nitrogens with zero attached hydrogens (tertiary/aromatic N) is 3. The summed E-state index contributed by atoms with van der Waals surface area (Å²) in [5.74, 6) is -1.15. The molecule has 1 saturated heterocycles. The lowest BCUT2D eigenvalue weighted by Gasteiger charge is -2.32. The molecule has 1 aliphatic rings. The monoisotopic (exact) mass is 613 g/mol. The van der Waals surface area contributed by atoms with Crippen molar-refractivity contribution in [1.29, 1.82) is 0 Å². The summed E-state index contributed by atoms with van der Waals surface area (Å²) < 4.78 is 16.2. The van der Waals surface area contributed by atoms with Gasteiger partial charge in [0.05, 0.1) is 33.3 Å². The molecular weight excluding hydrogens is 582 g/mol. The number of aromatic amines is 2. The van der Waals surface area contributed by atoms with Crippen LogP contribution >= 0.6 is 0 Å². The third-order valence-electron chi connectivity index (χ3n) is 8.64. The molecule has 9 nitrogen and oxygen atoms in total. The number of nitrogens with one attached hydrogen (secondary N) is 3. The van der Waals surface area contributed by atoms with Crippen molar-refractivity contribution < 1.29 is 9.18 Å². The molecule has 46 heavy (non-hydrogen) atoms. The highest BCUT2D eigenvalue weighted by atomic mass is 18.2. The molecule has 230 valence electrons. The Labute approximate surface area is 263 Å². The van der Waals surface area contributed by atoms with Gasteiger partial charge in [0.2, 0.25) is 5.91 Å². The predicted molar refractivity (Wildman–Crippen MR) is 178 cm³/mol. The number of fused-ring (bicyclic) bond motifs is 2. The van der Waals surface area contributed by atoms with Crippen molar-refractivity contribution >= 4 is 33.5 Å². The summed E-state index contributed by atoms with van der Waals surface area (Å²) in [5, 5.41) is 3.02. The van der Waals surface area contributed by atoms with Gasteiger partial charge in [0, 0.05) is 49.1 Å². The summed E-state index contributed by atoms with van der Waals surface area (Å²) in [4.78, 5) is 50.0. The van der Waals surface area contributed by atoms with E-state index in [1.165, 1.54) is 12.1 Å².